The fraction of sp³-hybridized carbons (Fsp3) is 0.375. The summed E-state index contributed by atoms with van der Waals surface area (Å²) in [6.07, 6.45) is -9.86. The van der Waals surface area contributed by atoms with Crippen molar-refractivity contribution in [2.45, 2.75) is 18.2 Å². The van der Waals surface area contributed by atoms with Crippen LogP contribution in [0.4, 0.5) is 26.3 Å². The lowest BCUT2D eigenvalue weighted by atomic mass is 10.2. The number of aromatic nitrogens is 1. The summed E-state index contributed by atoms with van der Waals surface area (Å²) in [5.41, 5.74) is -3.67. The Labute approximate surface area is 91.0 Å². The molecule has 0 unspecified atom stereocenters. The van der Waals surface area contributed by atoms with Gasteiger partial charge in [0, 0.05) is 5.88 Å². The average Bonchev–Trinajstić information content (AvgIpc) is 2.14. The molecule has 1 nitrogen and oxygen atoms in total. The average molecular weight is 264 g/mol. The molecule has 0 bridgehead atoms. The third-order valence-corrected chi connectivity index (χ3v) is 1.97. The molecule has 0 N–H and O–H groups in total. The number of rotatable bonds is 1. The standard InChI is InChI=1S/C8H4ClF6N/c9-3-4-1-2-5(7(10,11)12)16-6(4)8(13,14)15/h1-2H,3H2. The van der Waals surface area contributed by atoms with E-state index in [9.17, 15) is 26.3 Å². The van der Waals surface area contributed by atoms with Crippen molar-refractivity contribution >= 4 is 11.6 Å². The Kier molecular flexibility index (Phi) is 3.37. The lowest BCUT2D eigenvalue weighted by Gasteiger charge is -2.13. The first-order valence-electron chi connectivity index (χ1n) is 3.86. The first-order chi connectivity index (χ1) is 7.16. The first kappa shape index (κ1) is 13.1. The molecule has 0 aliphatic carbocycles. The molecule has 90 valence electrons. The molecule has 0 aliphatic rings. The first-order valence-corrected chi connectivity index (χ1v) is 4.40. The van der Waals surface area contributed by atoms with Crippen LogP contribution in [-0.4, -0.2) is 4.98 Å². The van der Waals surface area contributed by atoms with Crippen LogP contribution in [0.2, 0.25) is 0 Å². The van der Waals surface area contributed by atoms with Gasteiger partial charge in [0.05, 0.1) is 0 Å². The van der Waals surface area contributed by atoms with Gasteiger partial charge in [-0.15, -0.1) is 11.6 Å². The van der Waals surface area contributed by atoms with Crippen molar-refractivity contribution in [1.29, 1.82) is 0 Å². The van der Waals surface area contributed by atoms with E-state index in [2.05, 4.69) is 4.98 Å². The molecule has 0 radical (unpaired) electrons. The highest BCUT2D eigenvalue weighted by Gasteiger charge is 2.39. The molecule has 1 heterocycles. The van der Waals surface area contributed by atoms with Crippen molar-refractivity contribution < 1.29 is 26.3 Å². The molecule has 1 aromatic rings. The molecule has 8 heteroatoms. The largest absolute Gasteiger partial charge is 0.433 e. The van der Waals surface area contributed by atoms with E-state index in [-0.39, 0.29) is 0 Å². The minimum absolute atomic E-state index is 0.465. The van der Waals surface area contributed by atoms with E-state index in [1.807, 2.05) is 0 Å². The summed E-state index contributed by atoms with van der Waals surface area (Å²) in [6.45, 7) is 0. The van der Waals surface area contributed by atoms with Crippen LogP contribution in [0.25, 0.3) is 0 Å². The number of alkyl halides is 7. The monoisotopic (exact) mass is 263 g/mol. The maximum atomic E-state index is 12.3. The molecule has 0 spiro atoms. The lowest BCUT2D eigenvalue weighted by Crippen LogP contribution is -2.16. The van der Waals surface area contributed by atoms with Crippen molar-refractivity contribution in [2.24, 2.45) is 0 Å². The second-order valence-electron chi connectivity index (χ2n) is 2.83. The third kappa shape index (κ3) is 2.78. The van der Waals surface area contributed by atoms with Gasteiger partial charge in [-0.05, 0) is 11.6 Å². The van der Waals surface area contributed by atoms with Crippen LogP contribution in [-0.2, 0) is 18.2 Å². The van der Waals surface area contributed by atoms with Gasteiger partial charge in [-0.2, -0.15) is 26.3 Å². The highest BCUT2D eigenvalue weighted by molar-refractivity contribution is 6.17. The van der Waals surface area contributed by atoms with E-state index >= 15 is 0 Å². The van der Waals surface area contributed by atoms with Crippen LogP contribution >= 0.6 is 11.6 Å². The zero-order chi connectivity index (χ0) is 12.6. The maximum Gasteiger partial charge on any atom is 0.433 e. The van der Waals surface area contributed by atoms with Crippen molar-refractivity contribution in [3.05, 3.63) is 29.1 Å². The van der Waals surface area contributed by atoms with Crippen LogP contribution in [0.1, 0.15) is 17.0 Å². The fourth-order valence-corrected chi connectivity index (χ4v) is 1.21. The summed E-state index contributed by atoms with van der Waals surface area (Å²) in [4.78, 5) is 2.55. The van der Waals surface area contributed by atoms with Crippen LogP contribution in [0.15, 0.2) is 12.1 Å². The zero-order valence-corrected chi connectivity index (χ0v) is 8.21. The van der Waals surface area contributed by atoms with E-state index in [0.717, 1.165) is 0 Å². The molecule has 0 fully saturated rings. The number of nitrogens with zero attached hydrogens (tertiary/aromatic N) is 1. The summed E-state index contributed by atoms with van der Waals surface area (Å²) < 4.78 is 73.3. The van der Waals surface area contributed by atoms with Crippen molar-refractivity contribution in [3.8, 4) is 0 Å². The quantitative estimate of drug-likeness (QED) is 0.554. The summed E-state index contributed by atoms with van der Waals surface area (Å²) in [6, 6.07) is 1.14. The van der Waals surface area contributed by atoms with Crippen molar-refractivity contribution in [2.75, 3.05) is 0 Å². The maximum absolute atomic E-state index is 12.3. The van der Waals surface area contributed by atoms with E-state index in [4.69, 9.17) is 11.6 Å². The Balaban J connectivity index is 3.34. The highest BCUT2D eigenvalue weighted by atomic mass is 35.5. The number of hydrogen-bond donors (Lipinski definition) is 0. The zero-order valence-electron chi connectivity index (χ0n) is 7.45. The van der Waals surface area contributed by atoms with Gasteiger partial charge < -0.3 is 0 Å². The molecular formula is C8H4ClF6N. The van der Waals surface area contributed by atoms with Gasteiger partial charge in [0.25, 0.3) is 0 Å². The minimum atomic E-state index is -4.95. The molecule has 0 atom stereocenters. The second kappa shape index (κ2) is 4.12. The van der Waals surface area contributed by atoms with Gasteiger partial charge in [0.15, 0.2) is 0 Å². The fourth-order valence-electron chi connectivity index (χ4n) is 0.999. The molecule has 0 saturated heterocycles. The van der Waals surface area contributed by atoms with Gasteiger partial charge in [0.1, 0.15) is 11.4 Å². The Morgan fingerprint density at radius 1 is 1.00 bits per heavy atom. The van der Waals surface area contributed by atoms with E-state index < -0.39 is 35.2 Å². The predicted molar refractivity (Wildman–Crippen MR) is 43.8 cm³/mol. The molecule has 1 rings (SSSR count). The van der Waals surface area contributed by atoms with Crippen molar-refractivity contribution in [1.82, 2.24) is 4.98 Å². The minimum Gasteiger partial charge on any atom is -0.238 e. The Bertz CT molecular complexity index is 383. The van der Waals surface area contributed by atoms with Crippen LogP contribution < -0.4 is 0 Å². The summed E-state index contributed by atoms with van der Waals surface area (Å²) in [5, 5.41) is 0. The van der Waals surface area contributed by atoms with E-state index in [0.29, 0.717) is 12.1 Å². The van der Waals surface area contributed by atoms with E-state index in [1.165, 1.54) is 0 Å². The van der Waals surface area contributed by atoms with Crippen LogP contribution in [0.3, 0.4) is 0 Å². The molecular weight excluding hydrogens is 260 g/mol. The smallest absolute Gasteiger partial charge is 0.238 e. The summed E-state index contributed by atoms with van der Waals surface area (Å²) in [5.74, 6) is -0.556. The van der Waals surface area contributed by atoms with Gasteiger partial charge in [-0.1, -0.05) is 6.07 Å². The molecule has 1 aromatic heterocycles. The topological polar surface area (TPSA) is 12.9 Å². The molecule has 16 heavy (non-hydrogen) atoms. The SMILES string of the molecule is FC(F)(F)c1ccc(CCl)c(C(F)(F)F)n1. The van der Waals surface area contributed by atoms with Gasteiger partial charge in [-0.3, -0.25) is 0 Å². The van der Waals surface area contributed by atoms with Gasteiger partial charge >= 0.3 is 12.4 Å². The van der Waals surface area contributed by atoms with E-state index in [1.54, 1.807) is 0 Å². The summed E-state index contributed by atoms with van der Waals surface area (Å²) in [7, 11) is 0. The van der Waals surface area contributed by atoms with Gasteiger partial charge in [-0.25, -0.2) is 4.98 Å². The number of pyridine rings is 1. The molecule has 0 aromatic carbocycles. The highest BCUT2D eigenvalue weighted by Crippen LogP contribution is 2.35. The third-order valence-electron chi connectivity index (χ3n) is 1.68. The Morgan fingerprint density at radius 3 is 1.94 bits per heavy atom. The second-order valence-corrected chi connectivity index (χ2v) is 3.10. The Hall–Kier alpha value is -0.980. The number of hydrogen-bond acceptors (Lipinski definition) is 1. The molecule has 0 saturated carbocycles. The molecule has 0 amide bonds. The number of halogens is 7. The lowest BCUT2D eigenvalue weighted by molar-refractivity contribution is -0.150. The Morgan fingerprint density at radius 2 is 1.56 bits per heavy atom. The summed E-state index contributed by atoms with van der Waals surface area (Å²) >= 11 is 5.18. The van der Waals surface area contributed by atoms with Crippen LogP contribution in [0, 0.1) is 0 Å². The molecule has 0 aliphatic heterocycles. The van der Waals surface area contributed by atoms with Crippen molar-refractivity contribution in [3.63, 3.8) is 0 Å². The normalized spacial score (nSPS) is 12.9. The van der Waals surface area contributed by atoms with Crippen LogP contribution in [0.5, 0.6) is 0 Å². The van der Waals surface area contributed by atoms with Gasteiger partial charge in [0.2, 0.25) is 0 Å². The predicted octanol–water partition coefficient (Wildman–Crippen LogP) is 3.86.